The van der Waals surface area contributed by atoms with Gasteiger partial charge in [-0.05, 0) is 18.8 Å². The van der Waals surface area contributed by atoms with E-state index >= 15 is 0 Å². The molecule has 0 rings (SSSR count). The van der Waals surface area contributed by atoms with Crippen LogP contribution in [0.5, 0.6) is 0 Å². The minimum atomic E-state index is -4.26. The first-order chi connectivity index (χ1) is 8.43. The summed E-state index contributed by atoms with van der Waals surface area (Å²) in [7, 11) is 1.32. The zero-order valence-electron chi connectivity index (χ0n) is 11.8. The highest BCUT2D eigenvalue weighted by atomic mass is 19.4. The van der Waals surface area contributed by atoms with Crippen LogP contribution >= 0.6 is 0 Å². The van der Waals surface area contributed by atoms with E-state index in [-0.39, 0.29) is 12.0 Å². The first kappa shape index (κ1) is 18.0. The van der Waals surface area contributed by atoms with Crippen molar-refractivity contribution in [3.05, 3.63) is 0 Å². The molecule has 0 aromatic carbocycles. The molecule has 114 valence electrons. The Bertz CT molecular complexity index is 291. The van der Waals surface area contributed by atoms with Gasteiger partial charge in [0.15, 0.2) is 0 Å². The lowest BCUT2D eigenvalue weighted by Gasteiger charge is -2.28. The van der Waals surface area contributed by atoms with Crippen molar-refractivity contribution in [2.24, 2.45) is 5.41 Å². The van der Waals surface area contributed by atoms with E-state index in [9.17, 15) is 23.1 Å². The number of hydrogen-bond acceptors (Lipinski definition) is 2. The van der Waals surface area contributed by atoms with E-state index in [2.05, 4.69) is 5.32 Å². The Morgan fingerprint density at radius 3 is 2.32 bits per heavy atom. The van der Waals surface area contributed by atoms with Crippen LogP contribution in [0.25, 0.3) is 0 Å². The van der Waals surface area contributed by atoms with E-state index in [0.29, 0.717) is 13.0 Å². The summed E-state index contributed by atoms with van der Waals surface area (Å²) in [5.41, 5.74) is -0.311. The second-order valence-electron chi connectivity index (χ2n) is 5.66. The fourth-order valence-electron chi connectivity index (χ4n) is 1.72. The van der Waals surface area contributed by atoms with Crippen molar-refractivity contribution in [2.75, 3.05) is 20.1 Å². The molecule has 0 aliphatic carbocycles. The minimum Gasteiger partial charge on any atom is -0.393 e. The summed E-state index contributed by atoms with van der Waals surface area (Å²) in [6, 6.07) is -0.539. The first-order valence-electron chi connectivity index (χ1n) is 6.17. The lowest BCUT2D eigenvalue weighted by Crippen LogP contribution is -2.43. The minimum absolute atomic E-state index is 0.299. The normalized spacial score (nSPS) is 14.1. The summed E-state index contributed by atoms with van der Waals surface area (Å²) in [5, 5.41) is 11.9. The van der Waals surface area contributed by atoms with Crippen LogP contribution in [0.2, 0.25) is 0 Å². The van der Waals surface area contributed by atoms with Crippen molar-refractivity contribution in [3.8, 4) is 0 Å². The van der Waals surface area contributed by atoms with Crippen molar-refractivity contribution in [1.82, 2.24) is 10.2 Å². The third kappa shape index (κ3) is 9.58. The van der Waals surface area contributed by atoms with Crippen molar-refractivity contribution in [3.63, 3.8) is 0 Å². The van der Waals surface area contributed by atoms with Crippen molar-refractivity contribution >= 4 is 6.03 Å². The SMILES string of the molecule is CC(O)CC(C)(C)CNC(=O)N(C)CCC(F)(F)F. The van der Waals surface area contributed by atoms with Crippen LogP contribution in [0.3, 0.4) is 0 Å². The Labute approximate surface area is 112 Å². The number of urea groups is 1. The van der Waals surface area contributed by atoms with Gasteiger partial charge in [0, 0.05) is 20.1 Å². The van der Waals surface area contributed by atoms with E-state index in [0.717, 1.165) is 4.90 Å². The van der Waals surface area contributed by atoms with Crippen molar-refractivity contribution in [2.45, 2.75) is 45.9 Å². The Kier molecular flexibility index (Phi) is 6.62. The van der Waals surface area contributed by atoms with Gasteiger partial charge in [0.05, 0.1) is 12.5 Å². The molecule has 0 aliphatic heterocycles. The van der Waals surface area contributed by atoms with Crippen LogP contribution in [0.4, 0.5) is 18.0 Å². The second kappa shape index (κ2) is 6.98. The molecule has 0 spiro atoms. The molecule has 1 unspecified atom stereocenters. The van der Waals surface area contributed by atoms with E-state index in [1.54, 1.807) is 6.92 Å². The number of aliphatic hydroxyl groups is 1. The van der Waals surface area contributed by atoms with E-state index < -0.39 is 24.7 Å². The molecule has 7 heteroatoms. The fourth-order valence-corrected chi connectivity index (χ4v) is 1.72. The lowest BCUT2D eigenvalue weighted by atomic mass is 9.87. The molecular weight excluding hydrogens is 261 g/mol. The van der Waals surface area contributed by atoms with Crippen LogP contribution in [0.1, 0.15) is 33.6 Å². The van der Waals surface area contributed by atoms with E-state index in [1.807, 2.05) is 13.8 Å². The topological polar surface area (TPSA) is 52.6 Å². The van der Waals surface area contributed by atoms with E-state index in [1.165, 1.54) is 7.05 Å². The zero-order chi connectivity index (χ0) is 15.3. The molecule has 0 aromatic heterocycles. The zero-order valence-corrected chi connectivity index (χ0v) is 11.8. The molecule has 0 fully saturated rings. The monoisotopic (exact) mass is 284 g/mol. The van der Waals surface area contributed by atoms with Crippen molar-refractivity contribution < 1.29 is 23.1 Å². The highest BCUT2D eigenvalue weighted by Crippen LogP contribution is 2.21. The highest BCUT2D eigenvalue weighted by molar-refractivity contribution is 5.73. The summed E-state index contributed by atoms with van der Waals surface area (Å²) in [5.74, 6) is 0. The maximum atomic E-state index is 12.0. The summed E-state index contributed by atoms with van der Waals surface area (Å²) < 4.78 is 36.0. The number of carbonyl (C=O) groups is 1. The van der Waals surface area contributed by atoms with Gasteiger partial charge in [0.25, 0.3) is 0 Å². The summed E-state index contributed by atoms with van der Waals surface area (Å²) in [4.78, 5) is 12.6. The molecule has 0 bridgehead atoms. The van der Waals surface area contributed by atoms with Gasteiger partial charge in [0.2, 0.25) is 0 Å². The van der Waals surface area contributed by atoms with Gasteiger partial charge >= 0.3 is 12.2 Å². The molecule has 0 aromatic rings. The first-order valence-corrected chi connectivity index (χ1v) is 6.17. The number of aliphatic hydroxyl groups excluding tert-OH is 1. The number of halogens is 3. The average Bonchev–Trinajstić information content (AvgIpc) is 2.19. The summed E-state index contributed by atoms with van der Waals surface area (Å²) in [6.07, 6.45) is -5.27. The number of amides is 2. The molecule has 0 saturated carbocycles. The second-order valence-corrected chi connectivity index (χ2v) is 5.66. The molecule has 4 nitrogen and oxygen atoms in total. The predicted molar refractivity (Wildman–Crippen MR) is 66.8 cm³/mol. The third-order valence-electron chi connectivity index (χ3n) is 2.64. The van der Waals surface area contributed by atoms with Gasteiger partial charge in [-0.25, -0.2) is 4.79 Å². The summed E-state index contributed by atoms with van der Waals surface area (Å²) >= 11 is 0. The van der Waals surface area contributed by atoms with Gasteiger partial charge in [-0.2, -0.15) is 13.2 Å². The Morgan fingerprint density at radius 1 is 1.37 bits per heavy atom. The van der Waals surface area contributed by atoms with Crippen LogP contribution in [0, 0.1) is 5.41 Å². The Hall–Kier alpha value is -0.980. The van der Waals surface area contributed by atoms with Crippen LogP contribution in [-0.2, 0) is 0 Å². The fraction of sp³-hybridized carbons (Fsp3) is 0.917. The molecule has 0 radical (unpaired) electrons. The molecule has 0 heterocycles. The van der Waals surface area contributed by atoms with Gasteiger partial charge in [0.1, 0.15) is 0 Å². The maximum Gasteiger partial charge on any atom is 0.390 e. The standard InChI is InChI=1S/C12H23F3N2O2/c1-9(18)7-11(2,3)8-16-10(19)17(4)6-5-12(13,14)15/h9,18H,5-8H2,1-4H3,(H,16,19). The Morgan fingerprint density at radius 2 is 1.89 bits per heavy atom. The van der Waals surface area contributed by atoms with Gasteiger partial charge in [-0.3, -0.25) is 0 Å². The lowest BCUT2D eigenvalue weighted by molar-refractivity contribution is -0.136. The van der Waals surface area contributed by atoms with Crippen LogP contribution in [-0.4, -0.2) is 48.5 Å². The number of nitrogens with zero attached hydrogens (tertiary/aromatic N) is 1. The highest BCUT2D eigenvalue weighted by Gasteiger charge is 2.28. The predicted octanol–water partition coefficient (Wildman–Crippen LogP) is 2.38. The molecule has 19 heavy (non-hydrogen) atoms. The molecular formula is C12H23F3N2O2. The molecule has 1 atom stereocenters. The van der Waals surface area contributed by atoms with Crippen LogP contribution < -0.4 is 5.32 Å². The number of carbonyl (C=O) groups excluding carboxylic acids is 1. The number of alkyl halides is 3. The smallest absolute Gasteiger partial charge is 0.390 e. The summed E-state index contributed by atoms with van der Waals surface area (Å²) in [6.45, 7) is 5.32. The molecule has 0 saturated heterocycles. The quantitative estimate of drug-likeness (QED) is 0.787. The number of hydrogen-bond donors (Lipinski definition) is 2. The van der Waals surface area contributed by atoms with Gasteiger partial charge < -0.3 is 15.3 Å². The molecule has 2 N–H and O–H groups in total. The average molecular weight is 284 g/mol. The number of nitrogens with one attached hydrogen (secondary N) is 1. The third-order valence-corrected chi connectivity index (χ3v) is 2.64. The van der Waals surface area contributed by atoms with E-state index in [4.69, 9.17) is 0 Å². The van der Waals surface area contributed by atoms with Gasteiger partial charge in [-0.15, -0.1) is 0 Å². The number of rotatable bonds is 6. The molecule has 0 aliphatic rings. The van der Waals surface area contributed by atoms with Gasteiger partial charge in [-0.1, -0.05) is 13.8 Å². The largest absolute Gasteiger partial charge is 0.393 e. The Balaban J connectivity index is 4.10. The van der Waals surface area contributed by atoms with Crippen molar-refractivity contribution in [1.29, 1.82) is 0 Å². The van der Waals surface area contributed by atoms with Crippen LogP contribution in [0.15, 0.2) is 0 Å². The molecule has 2 amide bonds. The maximum absolute atomic E-state index is 12.0.